The topological polar surface area (TPSA) is 95.9 Å². The van der Waals surface area contributed by atoms with Gasteiger partial charge >= 0.3 is 5.97 Å². The van der Waals surface area contributed by atoms with Crippen LogP contribution in [-0.4, -0.2) is 47.4 Å². The van der Waals surface area contributed by atoms with Gasteiger partial charge in [-0.25, -0.2) is 0 Å². The highest BCUT2D eigenvalue weighted by molar-refractivity contribution is 5.76. The van der Waals surface area contributed by atoms with Gasteiger partial charge in [0, 0.05) is 12.8 Å². The Kier molecular flexibility index (Phi) is 43.7. The fraction of sp³-hybridized carbons (Fsp3) is 0.878. The molecular formula is C49H93NO5. The van der Waals surface area contributed by atoms with E-state index in [4.69, 9.17) is 4.74 Å². The van der Waals surface area contributed by atoms with Crippen LogP contribution in [0.4, 0.5) is 0 Å². The number of nitrogens with one attached hydrogen (secondary N) is 1. The van der Waals surface area contributed by atoms with Crippen LogP contribution in [0.25, 0.3) is 0 Å². The number of amides is 1. The zero-order valence-corrected chi connectivity index (χ0v) is 36.7. The van der Waals surface area contributed by atoms with E-state index in [0.717, 1.165) is 57.8 Å². The van der Waals surface area contributed by atoms with E-state index >= 15 is 0 Å². The van der Waals surface area contributed by atoms with Crippen molar-refractivity contribution in [2.75, 3.05) is 13.2 Å². The molecule has 0 saturated heterocycles. The highest BCUT2D eigenvalue weighted by Crippen LogP contribution is 2.15. The molecule has 324 valence electrons. The molecule has 0 aliphatic rings. The molecule has 0 rings (SSSR count). The number of rotatable bonds is 44. The third-order valence-corrected chi connectivity index (χ3v) is 11.0. The van der Waals surface area contributed by atoms with Crippen LogP contribution in [0.3, 0.4) is 0 Å². The van der Waals surface area contributed by atoms with Crippen molar-refractivity contribution >= 4 is 11.9 Å². The van der Waals surface area contributed by atoms with Crippen LogP contribution < -0.4 is 5.32 Å². The van der Waals surface area contributed by atoms with Crippen LogP contribution in [0.1, 0.15) is 251 Å². The van der Waals surface area contributed by atoms with Gasteiger partial charge in [0.05, 0.1) is 25.4 Å². The minimum absolute atomic E-state index is 0.0197. The summed E-state index contributed by atoms with van der Waals surface area (Å²) in [7, 11) is 0. The molecule has 0 saturated carbocycles. The van der Waals surface area contributed by atoms with Gasteiger partial charge in [-0.05, 0) is 57.8 Å². The molecule has 0 aromatic rings. The number of unbranched alkanes of at least 4 members (excludes halogenated alkanes) is 31. The van der Waals surface area contributed by atoms with E-state index in [2.05, 4.69) is 31.3 Å². The van der Waals surface area contributed by atoms with Crippen molar-refractivity contribution in [3.05, 3.63) is 24.3 Å². The van der Waals surface area contributed by atoms with Crippen LogP contribution in [0.5, 0.6) is 0 Å². The van der Waals surface area contributed by atoms with Gasteiger partial charge < -0.3 is 20.3 Å². The van der Waals surface area contributed by atoms with Gasteiger partial charge in [-0.3, -0.25) is 9.59 Å². The molecular weight excluding hydrogens is 683 g/mol. The Balaban J connectivity index is 3.47. The Morgan fingerprint density at radius 3 is 1.29 bits per heavy atom. The number of hydrogen-bond donors (Lipinski definition) is 3. The molecule has 0 aromatic heterocycles. The number of aliphatic hydroxyl groups excluding tert-OH is 2. The van der Waals surface area contributed by atoms with Crippen molar-refractivity contribution in [1.82, 2.24) is 5.32 Å². The molecule has 0 bridgehead atoms. The molecule has 2 atom stereocenters. The van der Waals surface area contributed by atoms with E-state index < -0.39 is 12.1 Å². The monoisotopic (exact) mass is 776 g/mol. The number of carbonyl (C=O) groups excluding carboxylic acids is 2. The predicted octanol–water partition coefficient (Wildman–Crippen LogP) is 14.0. The van der Waals surface area contributed by atoms with Crippen molar-refractivity contribution in [3.63, 3.8) is 0 Å². The van der Waals surface area contributed by atoms with Crippen molar-refractivity contribution < 1.29 is 24.5 Å². The molecule has 0 fully saturated rings. The molecule has 55 heavy (non-hydrogen) atoms. The third kappa shape index (κ3) is 41.8. The van der Waals surface area contributed by atoms with Crippen LogP contribution in [0.15, 0.2) is 24.3 Å². The van der Waals surface area contributed by atoms with Crippen molar-refractivity contribution in [2.24, 2.45) is 0 Å². The van der Waals surface area contributed by atoms with Crippen molar-refractivity contribution in [1.29, 1.82) is 0 Å². The fourth-order valence-corrected chi connectivity index (χ4v) is 7.21. The quantitative estimate of drug-likeness (QED) is 0.0325. The van der Waals surface area contributed by atoms with E-state index in [1.807, 2.05) is 6.08 Å². The van der Waals surface area contributed by atoms with E-state index in [1.165, 1.54) is 167 Å². The molecule has 0 heterocycles. The van der Waals surface area contributed by atoms with E-state index in [0.29, 0.717) is 19.4 Å². The Morgan fingerprint density at radius 1 is 0.491 bits per heavy atom. The lowest BCUT2D eigenvalue weighted by atomic mass is 10.0. The van der Waals surface area contributed by atoms with Crippen molar-refractivity contribution in [2.45, 2.75) is 264 Å². The second-order valence-electron chi connectivity index (χ2n) is 16.4. The molecule has 0 spiro atoms. The minimum atomic E-state index is -0.854. The summed E-state index contributed by atoms with van der Waals surface area (Å²) in [5, 5.41) is 22.9. The lowest BCUT2D eigenvalue weighted by Gasteiger charge is -2.20. The molecule has 2 unspecified atom stereocenters. The lowest BCUT2D eigenvalue weighted by Crippen LogP contribution is -2.45. The predicted molar refractivity (Wildman–Crippen MR) is 236 cm³/mol. The first-order chi connectivity index (χ1) is 27.0. The maximum absolute atomic E-state index is 12.4. The Labute approximate surface area is 341 Å². The van der Waals surface area contributed by atoms with Gasteiger partial charge in [0.15, 0.2) is 0 Å². The van der Waals surface area contributed by atoms with E-state index in [-0.39, 0.29) is 18.5 Å². The summed E-state index contributed by atoms with van der Waals surface area (Å²) in [6.45, 7) is 4.83. The van der Waals surface area contributed by atoms with Gasteiger partial charge in [-0.15, -0.1) is 0 Å². The number of esters is 1. The summed E-state index contributed by atoms with van der Waals surface area (Å²) in [6, 6.07) is -0.640. The molecule has 0 radical (unpaired) electrons. The zero-order chi connectivity index (χ0) is 40.1. The maximum atomic E-state index is 12.4. The first-order valence-corrected chi connectivity index (χ1v) is 24.1. The average molecular weight is 776 g/mol. The molecule has 6 nitrogen and oxygen atoms in total. The Bertz CT molecular complexity index is 858. The van der Waals surface area contributed by atoms with Gasteiger partial charge in [0.1, 0.15) is 0 Å². The number of aliphatic hydroxyl groups is 2. The number of carbonyl (C=O) groups is 2. The first kappa shape index (κ1) is 53.3. The van der Waals surface area contributed by atoms with Gasteiger partial charge in [0.2, 0.25) is 5.91 Å². The molecule has 6 heteroatoms. The second kappa shape index (κ2) is 45.0. The molecule has 0 aliphatic carbocycles. The second-order valence-corrected chi connectivity index (χ2v) is 16.4. The first-order valence-electron chi connectivity index (χ1n) is 24.1. The van der Waals surface area contributed by atoms with Gasteiger partial charge in [-0.2, -0.15) is 0 Å². The van der Waals surface area contributed by atoms with Gasteiger partial charge in [0.25, 0.3) is 0 Å². The summed E-state index contributed by atoms with van der Waals surface area (Å²) < 4.78 is 5.45. The van der Waals surface area contributed by atoms with Crippen LogP contribution in [0, 0.1) is 0 Å². The SMILES string of the molecule is CCCCCCCC/C=C\CCCCCCCCCC(=O)OCCCCCCCCCCCCCC(=O)NC(CO)C(O)/C=C/CCCCCCCCCC. The average Bonchev–Trinajstić information content (AvgIpc) is 3.18. The smallest absolute Gasteiger partial charge is 0.305 e. The molecule has 1 amide bonds. The van der Waals surface area contributed by atoms with E-state index in [1.54, 1.807) is 6.08 Å². The Hall–Kier alpha value is -1.66. The number of hydrogen-bond acceptors (Lipinski definition) is 5. The minimum Gasteiger partial charge on any atom is -0.466 e. The maximum Gasteiger partial charge on any atom is 0.305 e. The highest BCUT2D eigenvalue weighted by atomic mass is 16.5. The van der Waals surface area contributed by atoms with Crippen LogP contribution in [0.2, 0.25) is 0 Å². The number of ether oxygens (including phenoxy) is 1. The molecule has 0 aliphatic heterocycles. The van der Waals surface area contributed by atoms with Crippen LogP contribution >= 0.6 is 0 Å². The lowest BCUT2D eigenvalue weighted by molar-refractivity contribution is -0.143. The van der Waals surface area contributed by atoms with Gasteiger partial charge in [-0.1, -0.05) is 205 Å². The van der Waals surface area contributed by atoms with Crippen LogP contribution in [-0.2, 0) is 14.3 Å². The summed E-state index contributed by atoms with van der Waals surface area (Å²) >= 11 is 0. The van der Waals surface area contributed by atoms with E-state index in [9.17, 15) is 19.8 Å². The number of allylic oxidation sites excluding steroid dienone is 3. The fourth-order valence-electron chi connectivity index (χ4n) is 7.21. The zero-order valence-electron chi connectivity index (χ0n) is 36.7. The largest absolute Gasteiger partial charge is 0.466 e. The summed E-state index contributed by atoms with van der Waals surface area (Å²) in [5.74, 6) is -0.109. The summed E-state index contributed by atoms with van der Waals surface area (Å²) in [6.07, 6.45) is 51.7. The normalized spacial score (nSPS) is 12.9. The molecule has 0 aromatic carbocycles. The third-order valence-electron chi connectivity index (χ3n) is 11.0. The Morgan fingerprint density at radius 2 is 0.855 bits per heavy atom. The summed E-state index contributed by atoms with van der Waals surface area (Å²) in [4.78, 5) is 24.4. The standard InChI is InChI=1S/C49H93NO5/c1-3-5-7-9-11-13-15-16-17-18-19-20-23-27-31-35-39-43-49(54)55-44-40-36-32-28-24-21-22-26-30-34-38-42-48(53)50-46(45-51)47(52)41-37-33-29-25-14-12-10-8-6-4-2/h16-17,37,41,46-47,51-52H,3-15,18-36,38-40,42-45H2,1-2H3,(H,50,53)/b17-16-,41-37+. The highest BCUT2D eigenvalue weighted by Gasteiger charge is 2.18. The molecule has 3 N–H and O–H groups in total. The van der Waals surface area contributed by atoms with Crippen molar-refractivity contribution in [3.8, 4) is 0 Å². The summed E-state index contributed by atoms with van der Waals surface area (Å²) in [5.41, 5.74) is 0.